The molecule has 0 saturated carbocycles. The Labute approximate surface area is 99.4 Å². The Bertz CT molecular complexity index is 511. The minimum absolute atomic E-state index is 0.338. The van der Waals surface area contributed by atoms with E-state index in [1.807, 2.05) is 0 Å². The second-order valence-electron chi connectivity index (χ2n) is 3.10. The lowest BCUT2D eigenvalue weighted by Gasteiger charge is -2.03. The molecule has 0 aliphatic carbocycles. The Morgan fingerprint density at radius 2 is 2.19 bits per heavy atom. The molecule has 0 aliphatic rings. The fraction of sp³-hybridized carbons (Fsp3) is 0. The van der Waals surface area contributed by atoms with Gasteiger partial charge < -0.3 is 9.73 Å². The van der Waals surface area contributed by atoms with Gasteiger partial charge in [-0.15, -0.1) is 0 Å². The van der Waals surface area contributed by atoms with Crippen molar-refractivity contribution < 1.29 is 13.6 Å². The van der Waals surface area contributed by atoms with E-state index in [1.54, 1.807) is 6.07 Å². The fourth-order valence-corrected chi connectivity index (χ4v) is 1.42. The van der Waals surface area contributed by atoms with E-state index in [4.69, 9.17) is 4.42 Å². The molecule has 0 atom stereocenters. The third kappa shape index (κ3) is 2.30. The third-order valence-electron chi connectivity index (χ3n) is 1.96. The van der Waals surface area contributed by atoms with Crippen LogP contribution >= 0.6 is 15.9 Å². The van der Waals surface area contributed by atoms with E-state index in [0.29, 0.717) is 15.7 Å². The summed E-state index contributed by atoms with van der Waals surface area (Å²) < 4.78 is 18.3. The maximum absolute atomic E-state index is 13.2. The summed E-state index contributed by atoms with van der Waals surface area (Å²) in [6.07, 6.45) is 2.72. The number of amides is 1. The highest BCUT2D eigenvalue weighted by Crippen LogP contribution is 2.19. The van der Waals surface area contributed by atoms with Crippen molar-refractivity contribution >= 4 is 27.5 Å². The molecule has 0 fully saturated rings. The number of nitrogens with one attached hydrogen (secondary N) is 1. The molecule has 3 nitrogen and oxygen atoms in total. The van der Waals surface area contributed by atoms with E-state index in [-0.39, 0.29) is 5.91 Å². The average molecular weight is 284 g/mol. The second-order valence-corrected chi connectivity index (χ2v) is 3.95. The van der Waals surface area contributed by atoms with E-state index < -0.39 is 5.82 Å². The Balaban J connectivity index is 2.15. The first-order chi connectivity index (χ1) is 7.66. The predicted molar refractivity (Wildman–Crippen MR) is 60.8 cm³/mol. The zero-order chi connectivity index (χ0) is 11.5. The highest BCUT2D eigenvalue weighted by Gasteiger charge is 2.08. The van der Waals surface area contributed by atoms with Crippen LogP contribution in [0.15, 0.2) is 45.7 Å². The van der Waals surface area contributed by atoms with Gasteiger partial charge in [0.1, 0.15) is 12.1 Å². The van der Waals surface area contributed by atoms with Crippen molar-refractivity contribution in [1.82, 2.24) is 0 Å². The maximum atomic E-state index is 13.2. The molecule has 82 valence electrons. The summed E-state index contributed by atoms with van der Waals surface area (Å²) >= 11 is 3.03. The summed E-state index contributed by atoms with van der Waals surface area (Å²) in [6, 6.07) is 5.90. The predicted octanol–water partition coefficient (Wildman–Crippen LogP) is 3.43. The summed E-state index contributed by atoms with van der Waals surface area (Å²) in [5.41, 5.74) is 0.787. The Morgan fingerprint density at radius 3 is 2.81 bits per heavy atom. The van der Waals surface area contributed by atoms with Gasteiger partial charge in [-0.1, -0.05) is 0 Å². The van der Waals surface area contributed by atoms with Gasteiger partial charge in [-0.25, -0.2) is 4.39 Å². The van der Waals surface area contributed by atoms with Gasteiger partial charge in [-0.05, 0) is 40.2 Å². The van der Waals surface area contributed by atoms with Crippen LogP contribution in [0.25, 0.3) is 0 Å². The van der Waals surface area contributed by atoms with Crippen LogP contribution in [-0.4, -0.2) is 5.91 Å². The summed E-state index contributed by atoms with van der Waals surface area (Å²) in [5.74, 6) is -0.763. The van der Waals surface area contributed by atoms with E-state index >= 15 is 0 Å². The van der Waals surface area contributed by atoms with Gasteiger partial charge in [0.25, 0.3) is 5.91 Å². The van der Waals surface area contributed by atoms with Gasteiger partial charge in [-0.3, -0.25) is 4.79 Å². The van der Waals surface area contributed by atoms with Crippen LogP contribution in [0.3, 0.4) is 0 Å². The molecule has 0 spiro atoms. The van der Waals surface area contributed by atoms with Crippen molar-refractivity contribution in [3.05, 3.63) is 52.6 Å². The van der Waals surface area contributed by atoms with Crippen molar-refractivity contribution in [3.63, 3.8) is 0 Å². The highest BCUT2D eigenvalue weighted by molar-refractivity contribution is 9.10. The van der Waals surface area contributed by atoms with Crippen LogP contribution in [0.2, 0.25) is 0 Å². The summed E-state index contributed by atoms with van der Waals surface area (Å²) in [6.45, 7) is 0. The molecule has 1 heterocycles. The number of anilines is 1. The molecule has 1 amide bonds. The van der Waals surface area contributed by atoms with Gasteiger partial charge in [0.15, 0.2) is 0 Å². The quantitative estimate of drug-likeness (QED) is 0.918. The molecule has 16 heavy (non-hydrogen) atoms. The molecule has 2 rings (SSSR count). The molecule has 5 heteroatoms. The van der Waals surface area contributed by atoms with E-state index in [2.05, 4.69) is 21.2 Å². The summed E-state index contributed by atoms with van der Waals surface area (Å²) in [7, 11) is 0. The molecule has 1 aromatic carbocycles. The SMILES string of the molecule is O=C(Nc1ccc(Br)c(F)c1)c1ccoc1. The van der Waals surface area contributed by atoms with Crippen LogP contribution in [0.5, 0.6) is 0 Å². The molecule has 0 saturated heterocycles. The number of carbonyl (C=O) groups excluding carboxylic acids is 1. The second kappa shape index (κ2) is 4.49. The smallest absolute Gasteiger partial charge is 0.258 e. The molecule has 1 aromatic heterocycles. The molecule has 2 aromatic rings. The number of halogens is 2. The van der Waals surface area contributed by atoms with Gasteiger partial charge in [0, 0.05) is 5.69 Å². The lowest BCUT2D eigenvalue weighted by atomic mass is 10.2. The van der Waals surface area contributed by atoms with Gasteiger partial charge in [-0.2, -0.15) is 0 Å². The number of hydrogen-bond donors (Lipinski definition) is 1. The average Bonchev–Trinajstić information content (AvgIpc) is 2.77. The summed E-state index contributed by atoms with van der Waals surface area (Å²) in [4.78, 5) is 11.6. The standard InChI is InChI=1S/C11H7BrFNO2/c12-9-2-1-8(5-10(9)13)14-11(15)7-3-4-16-6-7/h1-6H,(H,14,15). The van der Waals surface area contributed by atoms with Crippen molar-refractivity contribution in [3.8, 4) is 0 Å². The summed E-state index contributed by atoms with van der Waals surface area (Å²) in [5, 5.41) is 2.55. The lowest BCUT2D eigenvalue weighted by Crippen LogP contribution is -2.10. The highest BCUT2D eigenvalue weighted by atomic mass is 79.9. The topological polar surface area (TPSA) is 42.2 Å². The first-order valence-corrected chi connectivity index (χ1v) is 5.25. The first-order valence-electron chi connectivity index (χ1n) is 4.45. The number of benzene rings is 1. The van der Waals surface area contributed by atoms with Crippen LogP contribution in [0.4, 0.5) is 10.1 Å². The fourth-order valence-electron chi connectivity index (χ4n) is 1.17. The van der Waals surface area contributed by atoms with Gasteiger partial charge >= 0.3 is 0 Å². The number of carbonyl (C=O) groups is 1. The van der Waals surface area contributed by atoms with Crippen molar-refractivity contribution in [2.45, 2.75) is 0 Å². The van der Waals surface area contributed by atoms with Crippen LogP contribution in [0.1, 0.15) is 10.4 Å². The minimum atomic E-state index is -0.426. The zero-order valence-electron chi connectivity index (χ0n) is 8.04. The van der Waals surface area contributed by atoms with E-state index in [1.165, 1.54) is 30.7 Å². The molecule has 1 N–H and O–H groups in total. The molecule has 0 radical (unpaired) electrons. The molecular weight excluding hydrogens is 277 g/mol. The van der Waals surface area contributed by atoms with E-state index in [9.17, 15) is 9.18 Å². The Morgan fingerprint density at radius 1 is 1.38 bits per heavy atom. The maximum Gasteiger partial charge on any atom is 0.258 e. The monoisotopic (exact) mass is 283 g/mol. The first kappa shape index (κ1) is 10.9. The Kier molecular flexibility index (Phi) is 3.05. The molecular formula is C11H7BrFNO2. The van der Waals surface area contributed by atoms with Gasteiger partial charge in [0.05, 0.1) is 16.3 Å². The molecule has 0 unspecified atom stereocenters. The molecule has 0 aliphatic heterocycles. The van der Waals surface area contributed by atoms with Crippen molar-refractivity contribution in [2.24, 2.45) is 0 Å². The Hall–Kier alpha value is -1.62. The number of hydrogen-bond acceptors (Lipinski definition) is 2. The molecule has 0 bridgehead atoms. The van der Waals surface area contributed by atoms with Crippen molar-refractivity contribution in [1.29, 1.82) is 0 Å². The van der Waals surface area contributed by atoms with Crippen LogP contribution in [-0.2, 0) is 0 Å². The number of furan rings is 1. The van der Waals surface area contributed by atoms with E-state index in [0.717, 1.165) is 0 Å². The van der Waals surface area contributed by atoms with Crippen LogP contribution < -0.4 is 5.32 Å². The number of rotatable bonds is 2. The zero-order valence-corrected chi connectivity index (χ0v) is 9.62. The van der Waals surface area contributed by atoms with Crippen LogP contribution in [0, 0.1) is 5.82 Å². The largest absolute Gasteiger partial charge is 0.472 e. The minimum Gasteiger partial charge on any atom is -0.472 e. The third-order valence-corrected chi connectivity index (χ3v) is 2.60. The van der Waals surface area contributed by atoms with Gasteiger partial charge in [0.2, 0.25) is 0 Å². The lowest BCUT2D eigenvalue weighted by molar-refractivity contribution is 0.102. The normalized spacial score (nSPS) is 10.1. The van der Waals surface area contributed by atoms with Crippen molar-refractivity contribution in [2.75, 3.05) is 5.32 Å².